The second kappa shape index (κ2) is 7.70. The maximum absolute atomic E-state index is 11.0. The van der Waals surface area contributed by atoms with Crippen molar-refractivity contribution in [1.82, 2.24) is 9.88 Å². The number of hydrogen-bond acceptors (Lipinski definition) is 7. The number of hydrogen-bond donors (Lipinski definition) is 1. The number of nitrogens with one attached hydrogen (secondary N) is 1. The average molecular weight is 383 g/mol. The van der Waals surface area contributed by atoms with Gasteiger partial charge in [0.2, 0.25) is 0 Å². The topological polar surface area (TPSA) is 104 Å². The van der Waals surface area contributed by atoms with Crippen molar-refractivity contribution < 1.29 is 9.66 Å². The number of nitrogens with zero attached hydrogens (tertiary/aromatic N) is 4. The number of fused-ring (bicyclic) bond motifs is 1. The SMILES string of the molecule is CC1CN(C(C)(C)CNc2cc(C#N)c3cc([N+](=O)[O-])ccc3n2)CC(C)O1. The van der Waals surface area contributed by atoms with Crippen molar-refractivity contribution in [2.24, 2.45) is 0 Å². The summed E-state index contributed by atoms with van der Waals surface area (Å²) in [4.78, 5) is 17.5. The van der Waals surface area contributed by atoms with Gasteiger partial charge in [0, 0.05) is 42.7 Å². The number of morpholine rings is 1. The van der Waals surface area contributed by atoms with Gasteiger partial charge in [-0.15, -0.1) is 0 Å². The highest BCUT2D eigenvalue weighted by Crippen LogP contribution is 2.26. The van der Waals surface area contributed by atoms with E-state index in [1.807, 2.05) is 0 Å². The molecule has 1 aromatic carbocycles. The molecule has 1 aliphatic heterocycles. The summed E-state index contributed by atoms with van der Waals surface area (Å²) in [6.45, 7) is 10.9. The van der Waals surface area contributed by atoms with Gasteiger partial charge in [-0.25, -0.2) is 4.98 Å². The lowest BCUT2D eigenvalue weighted by atomic mass is 10.00. The number of nitro groups is 1. The number of anilines is 1. The number of benzene rings is 1. The lowest BCUT2D eigenvalue weighted by Crippen LogP contribution is -2.57. The van der Waals surface area contributed by atoms with Gasteiger partial charge in [-0.1, -0.05) is 0 Å². The minimum atomic E-state index is -0.473. The van der Waals surface area contributed by atoms with Crippen LogP contribution in [0.25, 0.3) is 10.9 Å². The zero-order chi connectivity index (χ0) is 20.5. The maximum Gasteiger partial charge on any atom is 0.270 e. The van der Waals surface area contributed by atoms with E-state index >= 15 is 0 Å². The van der Waals surface area contributed by atoms with Gasteiger partial charge in [0.1, 0.15) is 5.82 Å². The summed E-state index contributed by atoms with van der Waals surface area (Å²) in [5.41, 5.74) is 0.731. The summed E-state index contributed by atoms with van der Waals surface area (Å²) >= 11 is 0. The van der Waals surface area contributed by atoms with Gasteiger partial charge >= 0.3 is 0 Å². The summed E-state index contributed by atoms with van der Waals surface area (Å²) in [6.07, 6.45) is 0.366. The Balaban J connectivity index is 1.81. The fourth-order valence-corrected chi connectivity index (χ4v) is 3.60. The molecule has 8 nitrogen and oxygen atoms in total. The number of nitriles is 1. The van der Waals surface area contributed by atoms with Gasteiger partial charge in [0.05, 0.1) is 34.3 Å². The van der Waals surface area contributed by atoms with E-state index in [1.54, 1.807) is 12.1 Å². The first-order chi connectivity index (χ1) is 13.2. The first-order valence-corrected chi connectivity index (χ1v) is 9.33. The van der Waals surface area contributed by atoms with Crippen molar-refractivity contribution in [2.45, 2.75) is 45.4 Å². The van der Waals surface area contributed by atoms with Gasteiger partial charge in [-0.05, 0) is 39.8 Å². The number of rotatable bonds is 5. The lowest BCUT2D eigenvalue weighted by molar-refractivity contribution is -0.384. The fourth-order valence-electron chi connectivity index (χ4n) is 3.60. The van der Waals surface area contributed by atoms with Crippen molar-refractivity contribution in [1.29, 1.82) is 5.26 Å². The van der Waals surface area contributed by atoms with E-state index < -0.39 is 4.92 Å². The van der Waals surface area contributed by atoms with Crippen LogP contribution < -0.4 is 5.32 Å². The van der Waals surface area contributed by atoms with Crippen LogP contribution in [0.5, 0.6) is 0 Å². The normalized spacial score (nSPS) is 20.7. The molecule has 0 bridgehead atoms. The Morgan fingerprint density at radius 2 is 2.04 bits per heavy atom. The monoisotopic (exact) mass is 383 g/mol. The predicted molar refractivity (Wildman–Crippen MR) is 107 cm³/mol. The first kappa shape index (κ1) is 20.0. The molecule has 2 heterocycles. The third-order valence-electron chi connectivity index (χ3n) is 5.10. The Hall–Kier alpha value is -2.76. The molecule has 1 saturated heterocycles. The minimum absolute atomic E-state index is 0.0526. The predicted octanol–water partition coefficient (Wildman–Crippen LogP) is 3.31. The molecule has 2 aromatic rings. The molecule has 1 aliphatic rings. The molecule has 8 heteroatoms. The van der Waals surface area contributed by atoms with E-state index in [0.29, 0.717) is 28.8 Å². The minimum Gasteiger partial charge on any atom is -0.373 e. The molecular weight excluding hydrogens is 358 g/mol. The molecule has 148 valence electrons. The number of aromatic nitrogens is 1. The molecule has 0 saturated carbocycles. The second-order valence-electron chi connectivity index (χ2n) is 7.95. The quantitative estimate of drug-likeness (QED) is 0.624. The summed E-state index contributed by atoms with van der Waals surface area (Å²) in [6, 6.07) is 8.14. The third-order valence-corrected chi connectivity index (χ3v) is 5.10. The number of non-ortho nitro benzene ring substituents is 1. The van der Waals surface area contributed by atoms with Gasteiger partial charge in [-0.2, -0.15) is 5.26 Å². The smallest absolute Gasteiger partial charge is 0.270 e. The highest BCUT2D eigenvalue weighted by molar-refractivity contribution is 5.88. The Morgan fingerprint density at radius 3 is 2.64 bits per heavy atom. The molecule has 0 radical (unpaired) electrons. The molecule has 1 N–H and O–H groups in total. The summed E-state index contributed by atoms with van der Waals surface area (Å²) in [5.74, 6) is 0.584. The van der Waals surface area contributed by atoms with Crippen LogP contribution in [-0.2, 0) is 4.74 Å². The van der Waals surface area contributed by atoms with Gasteiger partial charge in [0.15, 0.2) is 0 Å². The standard InChI is InChI=1S/C20H25N5O3/c1-13-10-24(11-14(2)28-13)20(3,4)12-22-19-7-15(9-21)17-8-16(25(26)27)5-6-18(17)23-19/h5-8,13-14H,10-12H2,1-4H3,(H,22,23). The summed E-state index contributed by atoms with van der Waals surface area (Å²) < 4.78 is 5.82. The van der Waals surface area contributed by atoms with E-state index in [-0.39, 0.29) is 23.4 Å². The van der Waals surface area contributed by atoms with E-state index in [2.05, 4.69) is 49.0 Å². The van der Waals surface area contributed by atoms with E-state index in [9.17, 15) is 15.4 Å². The van der Waals surface area contributed by atoms with Crippen LogP contribution in [0.3, 0.4) is 0 Å². The third kappa shape index (κ3) is 4.21. The van der Waals surface area contributed by atoms with Gasteiger partial charge in [-0.3, -0.25) is 15.0 Å². The Kier molecular flexibility index (Phi) is 5.49. The Morgan fingerprint density at radius 1 is 1.36 bits per heavy atom. The van der Waals surface area contributed by atoms with E-state index in [4.69, 9.17) is 4.74 Å². The number of ether oxygens (including phenoxy) is 1. The molecule has 28 heavy (non-hydrogen) atoms. The van der Waals surface area contributed by atoms with Crippen molar-refractivity contribution in [3.05, 3.63) is 39.9 Å². The maximum atomic E-state index is 11.0. The zero-order valence-corrected chi connectivity index (χ0v) is 16.6. The first-order valence-electron chi connectivity index (χ1n) is 9.33. The lowest BCUT2D eigenvalue weighted by Gasteiger charge is -2.45. The largest absolute Gasteiger partial charge is 0.373 e. The number of nitro benzene ring substituents is 1. The zero-order valence-electron chi connectivity index (χ0n) is 16.6. The second-order valence-corrected chi connectivity index (χ2v) is 7.95. The van der Waals surface area contributed by atoms with Gasteiger partial charge in [0.25, 0.3) is 5.69 Å². The molecule has 1 fully saturated rings. The van der Waals surface area contributed by atoms with Crippen LogP contribution >= 0.6 is 0 Å². The highest BCUT2D eigenvalue weighted by atomic mass is 16.6. The summed E-state index contributed by atoms with van der Waals surface area (Å²) in [7, 11) is 0. The molecular formula is C20H25N5O3. The molecule has 1 aromatic heterocycles. The van der Waals surface area contributed by atoms with Crippen LogP contribution in [0.2, 0.25) is 0 Å². The molecule has 0 amide bonds. The Labute approximate surface area is 164 Å². The van der Waals surface area contributed by atoms with Crippen LogP contribution in [0.1, 0.15) is 33.3 Å². The van der Waals surface area contributed by atoms with Crippen LogP contribution in [0.4, 0.5) is 11.5 Å². The van der Waals surface area contributed by atoms with Crippen molar-refractivity contribution in [3.8, 4) is 6.07 Å². The van der Waals surface area contributed by atoms with Crippen molar-refractivity contribution in [2.75, 3.05) is 25.0 Å². The van der Waals surface area contributed by atoms with E-state index in [1.165, 1.54) is 12.1 Å². The molecule has 3 rings (SSSR count). The highest BCUT2D eigenvalue weighted by Gasteiger charge is 2.33. The van der Waals surface area contributed by atoms with E-state index in [0.717, 1.165) is 13.1 Å². The van der Waals surface area contributed by atoms with Gasteiger partial charge < -0.3 is 10.1 Å². The molecule has 2 atom stereocenters. The average Bonchev–Trinajstić information content (AvgIpc) is 2.64. The van der Waals surface area contributed by atoms with Crippen molar-refractivity contribution in [3.63, 3.8) is 0 Å². The van der Waals surface area contributed by atoms with Crippen LogP contribution in [-0.4, -0.2) is 52.2 Å². The van der Waals surface area contributed by atoms with Crippen molar-refractivity contribution >= 4 is 22.4 Å². The molecule has 0 aliphatic carbocycles. The molecule has 2 unspecified atom stereocenters. The fraction of sp³-hybridized carbons (Fsp3) is 0.500. The van der Waals surface area contributed by atoms with Crippen LogP contribution in [0, 0.1) is 21.4 Å². The number of pyridine rings is 1. The van der Waals surface area contributed by atoms with Crippen LogP contribution in [0.15, 0.2) is 24.3 Å². The Bertz CT molecular complexity index is 927. The summed E-state index contributed by atoms with van der Waals surface area (Å²) in [5, 5.41) is 24.3. The molecule has 0 spiro atoms.